The van der Waals surface area contributed by atoms with E-state index in [0.717, 1.165) is 25.7 Å². The first-order valence-electron chi connectivity index (χ1n) is 8.13. The first-order chi connectivity index (χ1) is 11.0. The topological polar surface area (TPSA) is 76.5 Å². The van der Waals surface area contributed by atoms with Crippen molar-refractivity contribution in [3.05, 3.63) is 11.8 Å². The molecule has 0 saturated heterocycles. The van der Waals surface area contributed by atoms with Crippen molar-refractivity contribution in [3.8, 4) is 5.88 Å². The Kier molecular flexibility index (Phi) is 6.01. The number of hydrogen-bond donors (Lipinski definition) is 1. The Morgan fingerprint density at radius 2 is 2.00 bits per heavy atom. The minimum Gasteiger partial charge on any atom is -0.479 e. The zero-order chi connectivity index (χ0) is 16.8. The Balaban J connectivity index is 1.90. The predicted molar refractivity (Wildman–Crippen MR) is 86.4 cm³/mol. The summed E-state index contributed by atoms with van der Waals surface area (Å²) in [7, 11) is 4.80. The van der Waals surface area contributed by atoms with Crippen LogP contribution < -0.4 is 10.1 Å². The highest BCUT2D eigenvalue weighted by molar-refractivity contribution is 5.98. The first kappa shape index (κ1) is 17.3. The summed E-state index contributed by atoms with van der Waals surface area (Å²) in [4.78, 5) is 26.0. The number of nitrogens with zero attached hydrogens (tertiary/aromatic N) is 3. The van der Waals surface area contributed by atoms with Crippen molar-refractivity contribution >= 4 is 11.8 Å². The quantitative estimate of drug-likeness (QED) is 0.830. The lowest BCUT2D eigenvalue weighted by Gasteiger charge is -2.20. The average molecular weight is 322 g/mol. The Morgan fingerprint density at radius 1 is 1.35 bits per heavy atom. The van der Waals surface area contributed by atoms with E-state index in [4.69, 9.17) is 4.74 Å². The summed E-state index contributed by atoms with van der Waals surface area (Å²) in [6.07, 6.45) is 8.46. The van der Waals surface area contributed by atoms with E-state index < -0.39 is 0 Å². The van der Waals surface area contributed by atoms with E-state index in [1.54, 1.807) is 20.3 Å². The van der Waals surface area contributed by atoms with Gasteiger partial charge in [0, 0.05) is 26.3 Å². The number of likely N-dealkylation sites (N-methyl/N-ethyl adjacent to an activating group) is 1. The summed E-state index contributed by atoms with van der Waals surface area (Å²) < 4.78 is 6.62. The molecule has 1 heterocycles. The number of carbonyl (C=O) groups is 2. The van der Waals surface area contributed by atoms with Gasteiger partial charge in [-0.2, -0.15) is 0 Å². The van der Waals surface area contributed by atoms with Crippen LogP contribution in [0.15, 0.2) is 6.20 Å². The van der Waals surface area contributed by atoms with Crippen LogP contribution in [0.4, 0.5) is 0 Å². The summed E-state index contributed by atoms with van der Waals surface area (Å²) in [6.45, 7) is 0.0351. The molecule has 1 fully saturated rings. The van der Waals surface area contributed by atoms with Gasteiger partial charge in [0.05, 0.1) is 13.7 Å². The largest absolute Gasteiger partial charge is 0.479 e. The maximum absolute atomic E-state index is 12.4. The van der Waals surface area contributed by atoms with E-state index in [9.17, 15) is 9.59 Å². The summed E-state index contributed by atoms with van der Waals surface area (Å²) in [5, 5.41) is 7.11. The number of hydrogen-bond acceptors (Lipinski definition) is 4. The monoisotopic (exact) mass is 322 g/mol. The number of amides is 2. The maximum Gasteiger partial charge on any atom is 0.261 e. The highest BCUT2D eigenvalue weighted by atomic mass is 16.5. The molecule has 2 rings (SSSR count). The van der Waals surface area contributed by atoms with Crippen LogP contribution in [0.25, 0.3) is 0 Å². The third-order valence-electron chi connectivity index (χ3n) is 4.17. The van der Waals surface area contributed by atoms with Crippen LogP contribution in [0.3, 0.4) is 0 Å². The fourth-order valence-electron chi connectivity index (χ4n) is 2.96. The van der Waals surface area contributed by atoms with Gasteiger partial charge in [-0.15, -0.1) is 5.10 Å². The Morgan fingerprint density at radius 3 is 2.61 bits per heavy atom. The van der Waals surface area contributed by atoms with Gasteiger partial charge < -0.3 is 15.0 Å². The number of rotatable bonds is 5. The lowest BCUT2D eigenvalue weighted by atomic mass is 10.1. The van der Waals surface area contributed by atoms with Gasteiger partial charge in [-0.25, -0.2) is 0 Å². The van der Waals surface area contributed by atoms with Gasteiger partial charge in [0.25, 0.3) is 5.91 Å². The summed E-state index contributed by atoms with van der Waals surface area (Å²) >= 11 is 0. The van der Waals surface area contributed by atoms with Crippen LogP contribution in [-0.4, -0.2) is 53.2 Å². The molecule has 1 aromatic rings. The normalized spacial score (nSPS) is 15.8. The molecule has 0 spiro atoms. The Hall–Kier alpha value is -2.05. The molecular formula is C16H26N4O3. The molecule has 0 aromatic carbocycles. The second-order valence-electron chi connectivity index (χ2n) is 6.14. The first-order valence-corrected chi connectivity index (χ1v) is 8.13. The number of methoxy groups -OCH3 is 1. The lowest BCUT2D eigenvalue weighted by molar-refractivity contribution is -0.122. The smallest absolute Gasteiger partial charge is 0.261 e. The minimum atomic E-state index is -0.272. The zero-order valence-electron chi connectivity index (χ0n) is 14.2. The van der Waals surface area contributed by atoms with E-state index in [-0.39, 0.29) is 30.3 Å². The predicted octanol–water partition coefficient (Wildman–Crippen LogP) is 1.34. The van der Waals surface area contributed by atoms with Crippen molar-refractivity contribution in [1.82, 2.24) is 20.0 Å². The van der Waals surface area contributed by atoms with Gasteiger partial charge in [-0.3, -0.25) is 14.3 Å². The van der Waals surface area contributed by atoms with E-state index in [1.807, 2.05) is 0 Å². The summed E-state index contributed by atoms with van der Waals surface area (Å²) in [6, 6.07) is 0.237. The fourth-order valence-corrected chi connectivity index (χ4v) is 2.96. The molecule has 23 heavy (non-hydrogen) atoms. The number of ether oxygens (including phenoxy) is 1. The third-order valence-corrected chi connectivity index (χ3v) is 4.17. The van der Waals surface area contributed by atoms with Crippen LogP contribution in [0.2, 0.25) is 0 Å². The van der Waals surface area contributed by atoms with Crippen LogP contribution >= 0.6 is 0 Å². The molecule has 128 valence electrons. The van der Waals surface area contributed by atoms with Crippen molar-refractivity contribution in [1.29, 1.82) is 0 Å². The van der Waals surface area contributed by atoms with Crippen molar-refractivity contribution in [2.45, 2.75) is 44.6 Å². The molecule has 7 nitrogen and oxygen atoms in total. The van der Waals surface area contributed by atoms with Gasteiger partial charge >= 0.3 is 0 Å². The molecule has 2 amide bonds. The second-order valence-corrected chi connectivity index (χ2v) is 6.14. The van der Waals surface area contributed by atoms with Crippen LogP contribution in [0, 0.1) is 0 Å². The molecule has 1 N–H and O–H groups in total. The van der Waals surface area contributed by atoms with E-state index in [1.165, 1.54) is 29.5 Å². The van der Waals surface area contributed by atoms with Crippen molar-refractivity contribution in [3.63, 3.8) is 0 Å². The van der Waals surface area contributed by atoms with Crippen LogP contribution in [0.1, 0.15) is 48.9 Å². The van der Waals surface area contributed by atoms with Gasteiger partial charge in [0.1, 0.15) is 5.56 Å². The molecule has 1 saturated carbocycles. The Labute approximate surface area is 137 Å². The maximum atomic E-state index is 12.4. The molecule has 0 aliphatic heterocycles. The molecule has 7 heteroatoms. The number of aryl methyl sites for hydroxylation is 1. The van der Waals surface area contributed by atoms with Gasteiger partial charge in [-0.05, 0) is 12.8 Å². The average Bonchev–Trinajstić information content (AvgIpc) is 2.71. The molecule has 1 aliphatic rings. The fraction of sp³-hybridized carbons (Fsp3) is 0.688. The van der Waals surface area contributed by atoms with E-state index in [0.29, 0.717) is 5.56 Å². The van der Waals surface area contributed by atoms with Gasteiger partial charge in [0.2, 0.25) is 11.8 Å². The highest BCUT2D eigenvalue weighted by Gasteiger charge is 2.22. The molecule has 1 aliphatic carbocycles. The third kappa shape index (κ3) is 4.71. The summed E-state index contributed by atoms with van der Waals surface area (Å²) in [5.74, 6) is -0.116. The van der Waals surface area contributed by atoms with Crippen molar-refractivity contribution in [2.75, 3.05) is 20.7 Å². The Bertz CT molecular complexity index is 548. The van der Waals surface area contributed by atoms with Crippen molar-refractivity contribution < 1.29 is 14.3 Å². The van der Waals surface area contributed by atoms with Gasteiger partial charge in [-0.1, -0.05) is 25.7 Å². The van der Waals surface area contributed by atoms with E-state index >= 15 is 0 Å². The standard InChI is InChI=1S/C16H26N4O3/c1-19(16(22)13-10-20(2)18-15(13)23-3)11-14(21)17-12-8-6-4-5-7-9-12/h10,12H,4-9,11H2,1-3H3,(H,17,21). The highest BCUT2D eigenvalue weighted by Crippen LogP contribution is 2.18. The minimum absolute atomic E-state index is 0.0351. The number of carbonyl (C=O) groups excluding carboxylic acids is 2. The lowest BCUT2D eigenvalue weighted by Crippen LogP contribution is -2.42. The molecule has 0 bridgehead atoms. The zero-order valence-corrected chi connectivity index (χ0v) is 14.2. The molecule has 0 atom stereocenters. The van der Waals surface area contributed by atoms with Crippen LogP contribution in [0.5, 0.6) is 5.88 Å². The molecule has 0 unspecified atom stereocenters. The van der Waals surface area contributed by atoms with Gasteiger partial charge in [0.15, 0.2) is 0 Å². The summed E-state index contributed by atoms with van der Waals surface area (Å²) in [5.41, 5.74) is 0.361. The number of aromatic nitrogens is 2. The van der Waals surface area contributed by atoms with Crippen LogP contribution in [-0.2, 0) is 11.8 Å². The van der Waals surface area contributed by atoms with E-state index in [2.05, 4.69) is 10.4 Å². The SMILES string of the molecule is COc1nn(C)cc1C(=O)N(C)CC(=O)NC1CCCCCC1. The molecular weight excluding hydrogens is 296 g/mol. The van der Waals surface area contributed by atoms with Crippen molar-refractivity contribution in [2.24, 2.45) is 7.05 Å². The second kappa shape index (κ2) is 7.99. The molecule has 1 aromatic heterocycles. The number of nitrogens with one attached hydrogen (secondary N) is 1. The molecule has 0 radical (unpaired) electrons.